The van der Waals surface area contributed by atoms with E-state index in [1.54, 1.807) is 12.1 Å². The van der Waals surface area contributed by atoms with Gasteiger partial charge in [0.2, 0.25) is 0 Å². The van der Waals surface area contributed by atoms with Crippen molar-refractivity contribution in [2.45, 2.75) is 0 Å². The lowest BCUT2D eigenvalue weighted by molar-refractivity contribution is 0.0697. The van der Waals surface area contributed by atoms with Crippen LogP contribution in [0.1, 0.15) is 21.5 Å². The van der Waals surface area contributed by atoms with E-state index in [9.17, 15) is 9.90 Å². The van der Waals surface area contributed by atoms with Gasteiger partial charge in [-0.1, -0.05) is 0 Å². The van der Waals surface area contributed by atoms with Crippen LogP contribution in [0.25, 0.3) is 0 Å². The number of nitrogens with zero attached hydrogens (tertiary/aromatic N) is 2. The van der Waals surface area contributed by atoms with E-state index in [-0.39, 0.29) is 16.7 Å². The van der Waals surface area contributed by atoms with Gasteiger partial charge in [-0.2, -0.15) is 10.5 Å². The van der Waals surface area contributed by atoms with Gasteiger partial charge in [0.05, 0.1) is 16.7 Å². The number of carbonyl (C=O) groups is 1. The predicted molar refractivity (Wildman–Crippen MR) is 44.5 cm³/mol. The molecule has 68 valence electrons. The van der Waals surface area contributed by atoms with Gasteiger partial charge in [-0.25, -0.2) is 4.79 Å². The molecule has 0 saturated heterocycles. The van der Waals surface area contributed by atoms with Crippen molar-refractivity contribution < 1.29 is 15.0 Å². The molecule has 0 bridgehead atoms. The van der Waals surface area contributed by atoms with Gasteiger partial charge in [-0.15, -0.1) is 0 Å². The lowest BCUT2D eigenvalue weighted by atomic mass is 10.1. The molecule has 2 N–H and O–H groups in total. The second-order valence-electron chi connectivity index (χ2n) is 2.45. The fourth-order valence-electron chi connectivity index (χ4n) is 0.928. The summed E-state index contributed by atoms with van der Waals surface area (Å²) < 4.78 is 0. The number of benzene rings is 1. The predicted octanol–water partition coefficient (Wildman–Crippen LogP) is 0.834. The quantitative estimate of drug-likeness (QED) is 0.679. The number of carboxylic acids is 1. The highest BCUT2D eigenvalue weighted by Gasteiger charge is 2.12. The topological polar surface area (TPSA) is 105 Å². The fraction of sp³-hybridized carbons (Fsp3) is 0. The summed E-state index contributed by atoms with van der Waals surface area (Å²) in [6, 6.07) is 5.23. The Morgan fingerprint density at radius 3 is 1.93 bits per heavy atom. The molecule has 0 saturated carbocycles. The molecule has 0 aliphatic heterocycles. The number of phenolic OH excluding ortho intramolecular Hbond substituents is 1. The van der Waals surface area contributed by atoms with E-state index in [0.29, 0.717) is 0 Å². The average molecular weight is 188 g/mol. The Morgan fingerprint density at radius 1 is 1.21 bits per heavy atom. The molecule has 5 heteroatoms. The number of hydrogen-bond donors (Lipinski definition) is 2. The minimum absolute atomic E-state index is 0.198. The van der Waals surface area contributed by atoms with Crippen molar-refractivity contribution in [1.29, 1.82) is 10.5 Å². The maximum absolute atomic E-state index is 10.5. The van der Waals surface area contributed by atoms with Gasteiger partial charge < -0.3 is 10.2 Å². The highest BCUT2D eigenvalue weighted by Crippen LogP contribution is 2.23. The third-order valence-electron chi connectivity index (χ3n) is 1.60. The minimum atomic E-state index is -1.25. The Bertz CT molecular complexity index is 445. The van der Waals surface area contributed by atoms with Crippen molar-refractivity contribution >= 4 is 5.97 Å². The first-order valence-electron chi connectivity index (χ1n) is 3.50. The average Bonchev–Trinajstić information content (AvgIpc) is 2.17. The largest absolute Gasteiger partial charge is 0.505 e. The van der Waals surface area contributed by atoms with Crippen molar-refractivity contribution in [2.24, 2.45) is 0 Å². The number of phenols is 1. The molecule has 0 spiro atoms. The maximum atomic E-state index is 10.5. The molecular weight excluding hydrogens is 184 g/mol. The summed E-state index contributed by atoms with van der Waals surface area (Å²) in [4.78, 5) is 10.5. The fourth-order valence-corrected chi connectivity index (χ4v) is 0.928. The van der Waals surface area contributed by atoms with Crippen LogP contribution in [0.4, 0.5) is 0 Å². The van der Waals surface area contributed by atoms with Crippen molar-refractivity contribution in [2.75, 3.05) is 0 Å². The standard InChI is InChI=1S/C9H4N2O3/c10-3-6-1-5(9(13)14)2-7(4-11)8(6)12/h1-2,12H,(H,13,14). The van der Waals surface area contributed by atoms with Crippen molar-refractivity contribution in [3.05, 3.63) is 28.8 Å². The zero-order valence-electron chi connectivity index (χ0n) is 6.85. The van der Waals surface area contributed by atoms with Crippen LogP contribution >= 0.6 is 0 Å². The molecule has 0 heterocycles. The molecule has 0 aliphatic rings. The number of rotatable bonds is 1. The number of carboxylic acid groups (broad SMARTS) is 1. The van der Waals surface area contributed by atoms with E-state index in [1.165, 1.54) is 0 Å². The normalized spacial score (nSPS) is 8.71. The molecule has 0 radical (unpaired) electrons. The molecule has 0 unspecified atom stereocenters. The maximum Gasteiger partial charge on any atom is 0.335 e. The van der Waals surface area contributed by atoms with E-state index in [1.807, 2.05) is 0 Å². The molecule has 1 aromatic carbocycles. The molecular formula is C9H4N2O3. The van der Waals surface area contributed by atoms with Crippen LogP contribution in [-0.2, 0) is 0 Å². The monoisotopic (exact) mass is 188 g/mol. The van der Waals surface area contributed by atoms with Gasteiger partial charge in [0.15, 0.2) is 5.75 Å². The third kappa shape index (κ3) is 1.47. The van der Waals surface area contributed by atoms with E-state index >= 15 is 0 Å². The summed E-state index contributed by atoms with van der Waals surface area (Å²) in [6.07, 6.45) is 0. The lowest BCUT2D eigenvalue weighted by Crippen LogP contribution is -1.98. The number of nitriles is 2. The second kappa shape index (κ2) is 3.46. The molecule has 0 fully saturated rings. The first kappa shape index (κ1) is 9.56. The van der Waals surface area contributed by atoms with E-state index in [0.717, 1.165) is 12.1 Å². The molecule has 5 nitrogen and oxygen atoms in total. The Kier molecular flexibility index (Phi) is 2.36. The highest BCUT2D eigenvalue weighted by atomic mass is 16.4. The van der Waals surface area contributed by atoms with Gasteiger partial charge in [0.25, 0.3) is 0 Å². The smallest absolute Gasteiger partial charge is 0.335 e. The lowest BCUT2D eigenvalue weighted by Gasteiger charge is -2.00. The van der Waals surface area contributed by atoms with Crippen LogP contribution in [0.5, 0.6) is 5.75 Å². The SMILES string of the molecule is N#Cc1cc(C(=O)O)cc(C#N)c1O. The Hall–Kier alpha value is -2.53. The Labute approximate surface area is 79.1 Å². The van der Waals surface area contributed by atoms with E-state index in [2.05, 4.69) is 0 Å². The van der Waals surface area contributed by atoms with Crippen LogP contribution in [0.2, 0.25) is 0 Å². The summed E-state index contributed by atoms with van der Waals surface area (Å²) >= 11 is 0. The molecule has 1 aromatic rings. The minimum Gasteiger partial charge on any atom is -0.505 e. The first-order chi connectivity index (χ1) is 6.60. The van der Waals surface area contributed by atoms with E-state index in [4.69, 9.17) is 15.6 Å². The van der Waals surface area contributed by atoms with Crippen LogP contribution in [0.15, 0.2) is 12.1 Å². The Morgan fingerprint density at radius 2 is 1.64 bits per heavy atom. The summed E-state index contributed by atoms with van der Waals surface area (Å²) in [6.45, 7) is 0. The van der Waals surface area contributed by atoms with Crippen LogP contribution < -0.4 is 0 Å². The molecule has 0 atom stereocenters. The summed E-state index contributed by atoms with van der Waals surface area (Å²) in [5.41, 5.74) is -0.640. The van der Waals surface area contributed by atoms with Crippen molar-refractivity contribution in [1.82, 2.24) is 0 Å². The van der Waals surface area contributed by atoms with E-state index < -0.39 is 11.7 Å². The number of aromatic carboxylic acids is 1. The van der Waals surface area contributed by atoms with Crippen molar-refractivity contribution in [3.8, 4) is 17.9 Å². The summed E-state index contributed by atoms with van der Waals surface area (Å²) in [5, 5.41) is 34.9. The molecule has 0 aromatic heterocycles. The molecule has 0 amide bonds. The van der Waals surface area contributed by atoms with Gasteiger partial charge >= 0.3 is 5.97 Å². The molecule has 1 rings (SSSR count). The third-order valence-corrected chi connectivity index (χ3v) is 1.60. The first-order valence-corrected chi connectivity index (χ1v) is 3.50. The summed E-state index contributed by atoms with van der Waals surface area (Å²) in [7, 11) is 0. The van der Waals surface area contributed by atoms with Crippen LogP contribution in [0.3, 0.4) is 0 Å². The van der Waals surface area contributed by atoms with Crippen LogP contribution in [-0.4, -0.2) is 16.2 Å². The number of hydrogen-bond acceptors (Lipinski definition) is 4. The van der Waals surface area contributed by atoms with Gasteiger partial charge in [0, 0.05) is 0 Å². The highest BCUT2D eigenvalue weighted by molar-refractivity contribution is 5.89. The van der Waals surface area contributed by atoms with Gasteiger partial charge in [-0.05, 0) is 12.1 Å². The zero-order chi connectivity index (χ0) is 10.7. The number of aromatic hydroxyl groups is 1. The summed E-state index contributed by atoms with van der Waals surface area (Å²) in [5.74, 6) is -1.74. The Balaban J connectivity index is 3.51. The second-order valence-corrected chi connectivity index (χ2v) is 2.45. The molecule has 14 heavy (non-hydrogen) atoms. The van der Waals surface area contributed by atoms with Crippen LogP contribution in [0, 0.1) is 22.7 Å². The molecule has 0 aliphatic carbocycles. The zero-order valence-corrected chi connectivity index (χ0v) is 6.85. The van der Waals surface area contributed by atoms with Crippen molar-refractivity contribution in [3.63, 3.8) is 0 Å². The van der Waals surface area contributed by atoms with Gasteiger partial charge in [0.1, 0.15) is 12.1 Å². The van der Waals surface area contributed by atoms with Gasteiger partial charge in [-0.3, -0.25) is 0 Å².